The van der Waals surface area contributed by atoms with E-state index in [1.165, 1.54) is 0 Å². The van der Waals surface area contributed by atoms with Crippen molar-refractivity contribution in [3.05, 3.63) is 64.4 Å². The van der Waals surface area contributed by atoms with Gasteiger partial charge in [-0.1, -0.05) is 24.3 Å². The molecule has 10 nitrogen and oxygen atoms in total. The minimum absolute atomic E-state index is 0.0358. The summed E-state index contributed by atoms with van der Waals surface area (Å²) in [5, 5.41) is 20.2. The molecular formula is C20H19BrN6O4. The van der Waals surface area contributed by atoms with Gasteiger partial charge in [-0.25, -0.2) is 4.84 Å². The molecule has 0 fully saturated rings. The van der Waals surface area contributed by atoms with Gasteiger partial charge in [0, 0.05) is 18.9 Å². The minimum Gasteiger partial charge on any atom is -0.325 e. The molecule has 1 aliphatic rings. The molecule has 3 aromatic rings. The second kappa shape index (κ2) is 9.45. The number of aliphatic imine (C=N–C) groups is 1. The zero-order valence-electron chi connectivity index (χ0n) is 16.3. The number of amides is 1. The first kappa shape index (κ1) is 21.3. The summed E-state index contributed by atoms with van der Waals surface area (Å²) in [5.74, 6) is 0.370. The molecule has 31 heavy (non-hydrogen) atoms. The number of anilines is 1. The Kier molecular flexibility index (Phi) is 6.49. The van der Waals surface area contributed by atoms with Crippen molar-refractivity contribution in [3.8, 4) is 0 Å². The molecular weight excluding hydrogens is 468 g/mol. The lowest BCUT2D eigenvalue weighted by molar-refractivity contribution is -0.497. The third-order valence-electron chi connectivity index (χ3n) is 4.66. The van der Waals surface area contributed by atoms with Crippen LogP contribution in [0.1, 0.15) is 11.1 Å². The molecule has 0 spiro atoms. The van der Waals surface area contributed by atoms with Gasteiger partial charge in [-0.15, -0.1) is 0 Å². The molecule has 11 heteroatoms. The molecule has 0 atom stereocenters. The number of carbonyl (C=O) groups is 1. The molecule has 4 rings (SSSR count). The zero-order valence-corrected chi connectivity index (χ0v) is 17.9. The van der Waals surface area contributed by atoms with E-state index in [-0.39, 0.29) is 24.3 Å². The lowest BCUT2D eigenvalue weighted by Gasteiger charge is -2.20. The Morgan fingerprint density at radius 1 is 1.19 bits per heavy atom. The molecule has 0 saturated heterocycles. The summed E-state index contributed by atoms with van der Waals surface area (Å²) in [7, 11) is 0. The van der Waals surface area contributed by atoms with Crippen LogP contribution in [0.2, 0.25) is 0 Å². The van der Waals surface area contributed by atoms with Gasteiger partial charge in [0.15, 0.2) is 0 Å². The maximum Gasteiger partial charge on any atom is 0.233 e. The number of aromatic nitrogens is 2. The van der Waals surface area contributed by atoms with Crippen molar-refractivity contribution in [2.24, 2.45) is 4.99 Å². The fraction of sp³-hybridized carbons (Fsp3) is 0.200. The maximum absolute atomic E-state index is 12.9. The first-order chi connectivity index (χ1) is 15.0. The van der Waals surface area contributed by atoms with E-state index in [0.717, 1.165) is 21.2 Å². The van der Waals surface area contributed by atoms with Gasteiger partial charge >= 0.3 is 0 Å². The summed E-state index contributed by atoms with van der Waals surface area (Å²) in [6, 6.07) is 10.9. The Hall–Kier alpha value is -2.96. The molecule has 0 saturated carbocycles. The van der Waals surface area contributed by atoms with Crippen molar-refractivity contribution < 1.29 is 20.0 Å². The molecule has 0 bridgehead atoms. The topological polar surface area (TPSA) is 123 Å². The van der Waals surface area contributed by atoms with Crippen molar-refractivity contribution >= 4 is 44.5 Å². The van der Waals surface area contributed by atoms with E-state index in [1.54, 1.807) is 35.5 Å². The van der Waals surface area contributed by atoms with Crippen LogP contribution < -0.4 is 5.32 Å². The standard InChI is InChI=1S/C20H19BrN6O4/c21-18-15(4-5-16-19(18)23-7-6-22-16)25-20-24-8-9-26(20)17(28)11-13-2-1-3-14(10-13)12-31-27(29)30/h1-7,10,29-30H,8-9,11-12H2,(H,24,25). The molecule has 1 aromatic heterocycles. The molecule has 0 unspecified atom stereocenters. The Bertz CT molecular complexity index is 1140. The summed E-state index contributed by atoms with van der Waals surface area (Å²) >= 11 is 3.56. The fourth-order valence-corrected chi connectivity index (χ4v) is 3.79. The molecule has 1 aliphatic heterocycles. The van der Waals surface area contributed by atoms with E-state index < -0.39 is 0 Å². The van der Waals surface area contributed by atoms with Crippen LogP contribution in [0.25, 0.3) is 11.0 Å². The number of nitrogens with one attached hydrogen (secondary N) is 1. The number of benzene rings is 2. The van der Waals surface area contributed by atoms with Crippen molar-refractivity contribution in [3.63, 3.8) is 0 Å². The SMILES string of the molecule is O=C(Cc1cccc(CON(O)O)c1)N1CCN=C1Nc1ccc2nccnc2c1Br. The number of carbonyl (C=O) groups excluding carboxylic acids is 1. The van der Waals surface area contributed by atoms with Crippen LogP contribution >= 0.6 is 15.9 Å². The highest BCUT2D eigenvalue weighted by atomic mass is 79.9. The van der Waals surface area contributed by atoms with Gasteiger partial charge < -0.3 is 5.32 Å². The van der Waals surface area contributed by atoms with Gasteiger partial charge in [0.2, 0.25) is 11.9 Å². The van der Waals surface area contributed by atoms with E-state index in [9.17, 15) is 4.79 Å². The van der Waals surface area contributed by atoms with Crippen LogP contribution in [0.15, 0.2) is 58.3 Å². The van der Waals surface area contributed by atoms with Crippen LogP contribution in [0.3, 0.4) is 0 Å². The van der Waals surface area contributed by atoms with Crippen LogP contribution in [0.4, 0.5) is 5.69 Å². The molecule has 0 radical (unpaired) electrons. The van der Waals surface area contributed by atoms with E-state index in [1.807, 2.05) is 18.2 Å². The zero-order chi connectivity index (χ0) is 21.8. The lowest BCUT2D eigenvalue weighted by Crippen LogP contribution is -2.39. The monoisotopic (exact) mass is 486 g/mol. The minimum atomic E-state index is -0.340. The molecule has 2 aromatic carbocycles. The van der Waals surface area contributed by atoms with Gasteiger partial charge in [0.1, 0.15) is 5.52 Å². The normalized spacial score (nSPS) is 13.7. The Morgan fingerprint density at radius 2 is 2.00 bits per heavy atom. The Labute approximate surface area is 185 Å². The number of nitrogens with zero attached hydrogens (tertiary/aromatic N) is 5. The maximum atomic E-state index is 12.9. The number of hydrogen-bond acceptors (Lipinski definition) is 9. The second-order valence-electron chi connectivity index (χ2n) is 6.75. The van der Waals surface area contributed by atoms with Crippen LogP contribution in [0.5, 0.6) is 0 Å². The fourth-order valence-electron chi connectivity index (χ4n) is 3.25. The summed E-state index contributed by atoms with van der Waals surface area (Å²) in [5.41, 5.74) is 3.70. The Balaban J connectivity index is 1.46. The highest BCUT2D eigenvalue weighted by Gasteiger charge is 2.24. The van der Waals surface area contributed by atoms with Gasteiger partial charge in [-0.05, 0) is 39.2 Å². The molecule has 2 heterocycles. The van der Waals surface area contributed by atoms with E-state index in [4.69, 9.17) is 10.4 Å². The van der Waals surface area contributed by atoms with E-state index in [2.05, 4.69) is 41.0 Å². The van der Waals surface area contributed by atoms with Crippen molar-refractivity contribution in [1.82, 2.24) is 20.3 Å². The molecule has 160 valence electrons. The first-order valence-electron chi connectivity index (χ1n) is 9.41. The van der Waals surface area contributed by atoms with Crippen LogP contribution in [-0.4, -0.2) is 55.6 Å². The highest BCUT2D eigenvalue weighted by molar-refractivity contribution is 9.10. The van der Waals surface area contributed by atoms with E-state index in [0.29, 0.717) is 30.1 Å². The highest BCUT2D eigenvalue weighted by Crippen LogP contribution is 2.29. The van der Waals surface area contributed by atoms with E-state index >= 15 is 0 Å². The quantitative estimate of drug-likeness (QED) is 0.454. The molecule has 0 aliphatic carbocycles. The summed E-state index contributed by atoms with van der Waals surface area (Å²) in [6.45, 7) is 0.959. The summed E-state index contributed by atoms with van der Waals surface area (Å²) in [6.07, 6.45) is 3.42. The predicted octanol–water partition coefficient (Wildman–Crippen LogP) is 2.76. The van der Waals surface area contributed by atoms with Crippen molar-refractivity contribution in [1.29, 1.82) is 0 Å². The number of halogens is 1. The Morgan fingerprint density at radius 3 is 2.84 bits per heavy atom. The van der Waals surface area contributed by atoms with Crippen LogP contribution in [-0.2, 0) is 22.7 Å². The average molecular weight is 487 g/mol. The predicted molar refractivity (Wildman–Crippen MR) is 115 cm³/mol. The first-order valence-corrected chi connectivity index (χ1v) is 10.2. The second-order valence-corrected chi connectivity index (χ2v) is 7.54. The number of guanidine groups is 1. The van der Waals surface area contributed by atoms with Crippen molar-refractivity contribution in [2.75, 3.05) is 18.4 Å². The van der Waals surface area contributed by atoms with Gasteiger partial charge in [0.05, 0.1) is 40.6 Å². The van der Waals surface area contributed by atoms with Gasteiger partial charge in [-0.3, -0.25) is 35.1 Å². The number of rotatable bonds is 6. The van der Waals surface area contributed by atoms with Crippen LogP contribution in [0, 0.1) is 0 Å². The summed E-state index contributed by atoms with van der Waals surface area (Å²) in [4.78, 5) is 32.2. The van der Waals surface area contributed by atoms with Crippen molar-refractivity contribution in [2.45, 2.75) is 13.0 Å². The third kappa shape index (κ3) is 5.03. The lowest BCUT2D eigenvalue weighted by atomic mass is 10.1. The largest absolute Gasteiger partial charge is 0.325 e. The third-order valence-corrected chi connectivity index (χ3v) is 5.46. The average Bonchev–Trinajstić information content (AvgIpc) is 3.23. The van der Waals surface area contributed by atoms with Gasteiger partial charge in [-0.2, -0.15) is 0 Å². The number of hydrogen-bond donors (Lipinski definition) is 3. The molecule has 1 amide bonds. The smallest absolute Gasteiger partial charge is 0.233 e. The number of fused-ring (bicyclic) bond motifs is 1. The molecule has 3 N–H and O–H groups in total. The summed E-state index contributed by atoms with van der Waals surface area (Å²) < 4.78 is 0.745. The van der Waals surface area contributed by atoms with Gasteiger partial charge in [0.25, 0.3) is 0 Å².